The second kappa shape index (κ2) is 9.41. The van der Waals surface area contributed by atoms with Crippen LogP contribution >= 0.6 is 0 Å². The second-order valence-corrected chi connectivity index (χ2v) is 9.29. The van der Waals surface area contributed by atoms with E-state index in [0.717, 1.165) is 25.9 Å². The Labute approximate surface area is 197 Å². The number of fused-ring (bicyclic) bond motifs is 3. The Morgan fingerprint density at radius 3 is 2.62 bits per heavy atom. The van der Waals surface area contributed by atoms with Gasteiger partial charge in [0.05, 0.1) is 11.6 Å². The first-order chi connectivity index (χ1) is 16.5. The first-order valence-corrected chi connectivity index (χ1v) is 11.5. The number of aromatic nitrogens is 2. The lowest BCUT2D eigenvalue weighted by atomic mass is 9.90. The number of hydrogen-bond donors (Lipinski definition) is 1. The quantitative estimate of drug-likeness (QED) is 0.570. The number of aliphatic hydroxyl groups is 1. The van der Waals surface area contributed by atoms with Crippen LogP contribution in [0.2, 0.25) is 0 Å². The van der Waals surface area contributed by atoms with E-state index in [2.05, 4.69) is 21.3 Å². The number of nitrogens with zero attached hydrogens (tertiary/aromatic N) is 5. The number of piperidine rings is 1. The number of aliphatic hydroxyl groups excluding tert-OH is 1. The molecule has 5 rings (SSSR count). The highest BCUT2D eigenvalue weighted by molar-refractivity contribution is 5.97. The summed E-state index contributed by atoms with van der Waals surface area (Å²) in [6.07, 6.45) is 1.54. The molecule has 176 valence electrons. The summed E-state index contributed by atoms with van der Waals surface area (Å²) in [5.74, 6) is 1.36. The highest BCUT2D eigenvalue weighted by Gasteiger charge is 2.45. The number of carbonyl (C=O) groups excluding carboxylic acids is 1. The number of carbonyl (C=O) groups is 1. The molecule has 1 saturated carbocycles. The van der Waals surface area contributed by atoms with Crippen molar-refractivity contribution >= 4 is 16.9 Å². The average Bonchev–Trinajstić information content (AvgIpc) is 3.43. The molecule has 2 bridgehead atoms. The highest BCUT2D eigenvalue weighted by atomic mass is 16.6. The number of ether oxygens (including phenoxy) is 1. The Bertz CT molecular complexity index is 1190. The average molecular weight is 462 g/mol. The van der Waals surface area contributed by atoms with Crippen LogP contribution in [0.4, 0.5) is 0 Å². The SMILES string of the molecule is CN(C(=O)c1ccc2nonc2c1)C1C2CCC1CN(CC(O)COc1ccc(C#N)cc1)C2. The largest absolute Gasteiger partial charge is 0.491 e. The normalized spacial score (nSPS) is 22.9. The van der Waals surface area contributed by atoms with Gasteiger partial charge in [0.1, 0.15) is 29.5 Å². The van der Waals surface area contributed by atoms with Crippen LogP contribution < -0.4 is 4.74 Å². The third kappa shape index (κ3) is 4.47. The summed E-state index contributed by atoms with van der Waals surface area (Å²) in [6.45, 7) is 2.42. The van der Waals surface area contributed by atoms with Crippen molar-refractivity contribution in [3.63, 3.8) is 0 Å². The molecule has 0 spiro atoms. The zero-order valence-electron chi connectivity index (χ0n) is 19.0. The molecule has 1 aliphatic carbocycles. The van der Waals surface area contributed by atoms with Crippen LogP contribution in [0.5, 0.6) is 5.75 Å². The highest BCUT2D eigenvalue weighted by Crippen LogP contribution is 2.40. The molecular formula is C25H27N5O4. The third-order valence-electron chi connectivity index (χ3n) is 7.02. The van der Waals surface area contributed by atoms with E-state index in [-0.39, 0.29) is 18.6 Å². The summed E-state index contributed by atoms with van der Waals surface area (Å²) < 4.78 is 10.4. The van der Waals surface area contributed by atoms with Crippen molar-refractivity contribution in [3.8, 4) is 11.8 Å². The number of nitriles is 1. The maximum atomic E-state index is 13.2. The Morgan fingerprint density at radius 1 is 1.21 bits per heavy atom. The van der Waals surface area contributed by atoms with Crippen LogP contribution in [0.15, 0.2) is 47.1 Å². The fourth-order valence-electron chi connectivity index (χ4n) is 5.50. The van der Waals surface area contributed by atoms with Crippen LogP contribution in [-0.2, 0) is 0 Å². The fourth-order valence-corrected chi connectivity index (χ4v) is 5.50. The zero-order chi connectivity index (χ0) is 23.7. The Kier molecular flexibility index (Phi) is 6.18. The van der Waals surface area contributed by atoms with Gasteiger partial charge in [-0.2, -0.15) is 5.26 Å². The Balaban J connectivity index is 1.16. The molecule has 1 saturated heterocycles. The van der Waals surface area contributed by atoms with Gasteiger partial charge in [0.2, 0.25) is 0 Å². The minimum atomic E-state index is -0.617. The first-order valence-electron chi connectivity index (χ1n) is 11.5. The number of benzene rings is 2. The van der Waals surface area contributed by atoms with Gasteiger partial charge in [-0.05, 0) is 77.5 Å². The van der Waals surface area contributed by atoms with Crippen LogP contribution in [0.1, 0.15) is 28.8 Å². The number of likely N-dealkylation sites (tertiary alicyclic amines) is 1. The van der Waals surface area contributed by atoms with Crippen LogP contribution in [-0.4, -0.2) is 76.6 Å². The molecule has 1 N–H and O–H groups in total. The molecule has 9 heteroatoms. The van der Waals surface area contributed by atoms with Gasteiger partial charge < -0.3 is 14.7 Å². The summed E-state index contributed by atoms with van der Waals surface area (Å²) in [5.41, 5.74) is 2.37. The molecule has 3 unspecified atom stereocenters. The van der Waals surface area contributed by atoms with E-state index < -0.39 is 6.10 Å². The van der Waals surface area contributed by atoms with Gasteiger partial charge in [-0.25, -0.2) is 4.63 Å². The fraction of sp³-hybridized carbons (Fsp3) is 0.440. The van der Waals surface area contributed by atoms with E-state index in [1.165, 1.54) is 0 Å². The molecule has 0 radical (unpaired) electrons. The summed E-state index contributed by atoms with van der Waals surface area (Å²) in [7, 11) is 1.89. The van der Waals surface area contributed by atoms with E-state index in [1.54, 1.807) is 42.5 Å². The van der Waals surface area contributed by atoms with Gasteiger partial charge in [-0.3, -0.25) is 9.69 Å². The second-order valence-electron chi connectivity index (χ2n) is 9.29. The first kappa shape index (κ1) is 22.3. The van der Waals surface area contributed by atoms with Crippen LogP contribution in [0, 0.1) is 23.2 Å². The Morgan fingerprint density at radius 2 is 1.91 bits per heavy atom. The molecule has 2 aliphatic rings. The van der Waals surface area contributed by atoms with Crippen molar-refractivity contribution in [1.29, 1.82) is 5.26 Å². The van der Waals surface area contributed by atoms with Crippen molar-refractivity contribution < 1.29 is 19.3 Å². The third-order valence-corrected chi connectivity index (χ3v) is 7.02. The van der Waals surface area contributed by atoms with Crippen molar-refractivity contribution in [2.75, 3.05) is 33.3 Å². The van der Waals surface area contributed by atoms with Crippen molar-refractivity contribution in [2.45, 2.75) is 25.0 Å². The molecule has 3 aromatic rings. The van der Waals surface area contributed by atoms with Crippen LogP contribution in [0.25, 0.3) is 11.0 Å². The molecular weight excluding hydrogens is 434 g/mol. The molecule has 1 aromatic heterocycles. The maximum Gasteiger partial charge on any atom is 0.253 e. The van der Waals surface area contributed by atoms with Gasteiger partial charge in [-0.15, -0.1) is 0 Å². The van der Waals surface area contributed by atoms with Gasteiger partial charge >= 0.3 is 0 Å². The molecule has 34 heavy (non-hydrogen) atoms. The minimum Gasteiger partial charge on any atom is -0.491 e. The summed E-state index contributed by atoms with van der Waals surface area (Å²) in [4.78, 5) is 17.4. The van der Waals surface area contributed by atoms with E-state index in [0.29, 0.717) is 46.3 Å². The number of hydrogen-bond acceptors (Lipinski definition) is 8. The molecule has 2 aromatic carbocycles. The zero-order valence-corrected chi connectivity index (χ0v) is 19.0. The van der Waals surface area contributed by atoms with E-state index in [1.807, 2.05) is 11.9 Å². The lowest BCUT2D eigenvalue weighted by Gasteiger charge is -2.42. The summed E-state index contributed by atoms with van der Waals surface area (Å²) >= 11 is 0. The van der Waals surface area contributed by atoms with Crippen LogP contribution in [0.3, 0.4) is 0 Å². The maximum absolute atomic E-state index is 13.2. The molecule has 2 fully saturated rings. The van der Waals surface area contributed by atoms with E-state index >= 15 is 0 Å². The van der Waals surface area contributed by atoms with Crippen molar-refractivity contribution in [2.24, 2.45) is 11.8 Å². The standard InChI is InChI=1S/C25H27N5O4/c1-29(25(32)17-6-9-22-23(10-17)28-34-27-22)24-18-4-5-19(24)13-30(12-18)14-20(31)15-33-21-7-2-16(11-26)3-8-21/h2-3,6-10,18-20,24,31H,4-5,12-15H2,1H3. The topological polar surface area (TPSA) is 116 Å². The molecule has 2 heterocycles. The monoisotopic (exact) mass is 461 g/mol. The molecule has 9 nitrogen and oxygen atoms in total. The van der Waals surface area contributed by atoms with E-state index in [4.69, 9.17) is 14.6 Å². The predicted molar refractivity (Wildman–Crippen MR) is 123 cm³/mol. The number of amides is 1. The van der Waals surface area contributed by atoms with Gasteiger partial charge in [0.15, 0.2) is 0 Å². The molecule has 1 aliphatic heterocycles. The van der Waals surface area contributed by atoms with Gasteiger partial charge in [0, 0.05) is 38.3 Å². The molecule has 3 atom stereocenters. The predicted octanol–water partition coefficient (Wildman–Crippen LogP) is 2.32. The summed E-state index contributed by atoms with van der Waals surface area (Å²) in [6, 6.07) is 14.4. The van der Waals surface area contributed by atoms with Gasteiger partial charge in [-0.1, -0.05) is 0 Å². The Hall–Kier alpha value is -3.48. The lowest BCUT2D eigenvalue weighted by molar-refractivity contribution is 0.0182. The van der Waals surface area contributed by atoms with Crippen molar-refractivity contribution in [3.05, 3.63) is 53.6 Å². The summed E-state index contributed by atoms with van der Waals surface area (Å²) in [5, 5.41) is 27.1. The minimum absolute atomic E-state index is 0.0175. The number of β-amino-alcohol motifs (C(OH)–C–C–N with tert-alkyl or cyclic N) is 1. The van der Waals surface area contributed by atoms with E-state index in [9.17, 15) is 9.90 Å². The van der Waals surface area contributed by atoms with Crippen molar-refractivity contribution in [1.82, 2.24) is 20.1 Å². The van der Waals surface area contributed by atoms with Gasteiger partial charge in [0.25, 0.3) is 5.91 Å². The number of rotatable bonds is 7. The molecule has 1 amide bonds. The smallest absolute Gasteiger partial charge is 0.253 e. The lowest BCUT2D eigenvalue weighted by Crippen LogP contribution is -2.54.